The third-order valence-electron chi connectivity index (χ3n) is 5.58. The summed E-state index contributed by atoms with van der Waals surface area (Å²) in [6, 6.07) is 9.89. The first kappa shape index (κ1) is 22.8. The maximum atomic E-state index is 14.7. The monoisotopic (exact) mass is 538 g/mol. The zero-order valence-electron chi connectivity index (χ0n) is 18.4. The number of aliphatic hydroxyl groups excluding tert-OH is 1. The fourth-order valence-corrected chi connectivity index (χ4v) is 4.37. The van der Waals surface area contributed by atoms with Crippen molar-refractivity contribution in [2.75, 3.05) is 19.0 Å². The molecule has 0 radical (unpaired) electrons. The Morgan fingerprint density at radius 1 is 1.29 bits per heavy atom. The van der Waals surface area contributed by atoms with E-state index in [4.69, 9.17) is 4.74 Å². The molecule has 35 heavy (non-hydrogen) atoms. The van der Waals surface area contributed by atoms with Crippen molar-refractivity contribution in [3.05, 3.63) is 87.5 Å². The molecule has 3 heterocycles. The Morgan fingerprint density at radius 2 is 2.14 bits per heavy atom. The van der Waals surface area contributed by atoms with Crippen LogP contribution < -0.4 is 15.6 Å². The van der Waals surface area contributed by atoms with Crippen LogP contribution in [0.5, 0.6) is 5.75 Å². The Hall–Kier alpha value is -3.96. The molecule has 0 saturated heterocycles. The fourth-order valence-electron chi connectivity index (χ4n) is 3.81. The standard InChI is InChI=1S/C24H20BrFN6O3/c1-35-21-3-2-13(8-14(21)25)20(33)11-29-16-4-5-28-24(34)22(16)23-30-17-9-15(26)19(10-18(17)31-23)32-7-6-27-12-32/h2-10,12,20,33H,11H2,1H3,(H,30,31)(H2,28,29,34). The van der Waals surface area contributed by atoms with Crippen molar-refractivity contribution in [3.8, 4) is 22.8 Å². The Bertz CT molecular complexity index is 1560. The Labute approximate surface area is 206 Å². The first-order valence-electron chi connectivity index (χ1n) is 10.6. The second kappa shape index (κ2) is 9.35. The van der Waals surface area contributed by atoms with Gasteiger partial charge in [-0.15, -0.1) is 0 Å². The molecule has 0 bridgehead atoms. The number of anilines is 1. The molecule has 5 aromatic rings. The lowest BCUT2D eigenvalue weighted by molar-refractivity contribution is 0.191. The molecular weight excluding hydrogens is 519 g/mol. The largest absolute Gasteiger partial charge is 0.496 e. The SMILES string of the molecule is COc1ccc(C(O)CNc2cc[nH]c(=O)c2-c2nc3cc(F)c(-n4ccnc4)cc3[nH]2)cc1Br. The summed E-state index contributed by atoms with van der Waals surface area (Å²) in [7, 11) is 1.57. The molecule has 0 spiro atoms. The molecule has 0 aliphatic heterocycles. The first-order chi connectivity index (χ1) is 16.9. The van der Waals surface area contributed by atoms with Gasteiger partial charge >= 0.3 is 0 Å². The number of pyridine rings is 1. The molecule has 11 heteroatoms. The number of hydrogen-bond donors (Lipinski definition) is 4. The zero-order valence-corrected chi connectivity index (χ0v) is 20.0. The highest BCUT2D eigenvalue weighted by molar-refractivity contribution is 9.10. The minimum Gasteiger partial charge on any atom is -0.496 e. The van der Waals surface area contributed by atoms with Crippen molar-refractivity contribution >= 4 is 32.7 Å². The Balaban J connectivity index is 1.45. The Kier molecular flexibility index (Phi) is 6.10. The Morgan fingerprint density at radius 3 is 2.89 bits per heavy atom. The van der Waals surface area contributed by atoms with Gasteiger partial charge in [-0.05, 0) is 45.8 Å². The summed E-state index contributed by atoms with van der Waals surface area (Å²) < 4.78 is 22.2. The summed E-state index contributed by atoms with van der Waals surface area (Å²) in [5.74, 6) is 0.458. The van der Waals surface area contributed by atoms with Gasteiger partial charge < -0.3 is 29.7 Å². The molecule has 3 aromatic heterocycles. The number of benzene rings is 2. The van der Waals surface area contributed by atoms with Crippen LogP contribution in [0.15, 0.2) is 70.6 Å². The average molecular weight is 539 g/mol. The highest BCUT2D eigenvalue weighted by Gasteiger charge is 2.18. The van der Waals surface area contributed by atoms with Crippen LogP contribution in [0.3, 0.4) is 0 Å². The molecule has 0 aliphatic carbocycles. The molecule has 178 valence electrons. The lowest BCUT2D eigenvalue weighted by atomic mass is 10.1. The molecule has 0 aliphatic rings. The van der Waals surface area contributed by atoms with Crippen molar-refractivity contribution in [3.63, 3.8) is 0 Å². The van der Waals surface area contributed by atoms with Gasteiger partial charge in [-0.3, -0.25) is 4.79 Å². The normalized spacial score (nSPS) is 12.1. The minimum absolute atomic E-state index is 0.134. The smallest absolute Gasteiger partial charge is 0.261 e. The lowest BCUT2D eigenvalue weighted by Gasteiger charge is -2.16. The van der Waals surface area contributed by atoms with Crippen LogP contribution in [0.1, 0.15) is 11.7 Å². The van der Waals surface area contributed by atoms with Crippen LogP contribution >= 0.6 is 15.9 Å². The van der Waals surface area contributed by atoms with E-state index in [1.165, 1.54) is 18.6 Å². The molecule has 0 fully saturated rings. The molecule has 1 unspecified atom stereocenters. The molecule has 9 nitrogen and oxygen atoms in total. The number of halogens is 2. The van der Waals surface area contributed by atoms with Crippen LogP contribution in [0.4, 0.5) is 10.1 Å². The number of methoxy groups -OCH3 is 1. The van der Waals surface area contributed by atoms with Crippen LogP contribution in [0.2, 0.25) is 0 Å². The fraction of sp³-hybridized carbons (Fsp3) is 0.125. The van der Waals surface area contributed by atoms with Crippen molar-refractivity contribution in [1.29, 1.82) is 0 Å². The highest BCUT2D eigenvalue weighted by Crippen LogP contribution is 2.30. The van der Waals surface area contributed by atoms with Gasteiger partial charge in [0.05, 0.1) is 46.4 Å². The molecule has 1 atom stereocenters. The van der Waals surface area contributed by atoms with Gasteiger partial charge in [-0.25, -0.2) is 14.4 Å². The van der Waals surface area contributed by atoms with Gasteiger partial charge in [-0.2, -0.15) is 0 Å². The summed E-state index contributed by atoms with van der Waals surface area (Å²) in [4.78, 5) is 26.9. The average Bonchev–Trinajstić information content (AvgIpc) is 3.51. The maximum Gasteiger partial charge on any atom is 0.261 e. The third kappa shape index (κ3) is 4.43. The number of fused-ring (bicyclic) bond motifs is 1. The number of H-pyrrole nitrogens is 2. The van der Waals surface area contributed by atoms with Gasteiger partial charge in [0.1, 0.15) is 23.0 Å². The summed E-state index contributed by atoms with van der Waals surface area (Å²) >= 11 is 3.42. The molecule has 5 rings (SSSR count). The number of aliphatic hydroxyl groups is 1. The van der Waals surface area contributed by atoms with Crippen molar-refractivity contribution < 1.29 is 14.2 Å². The molecule has 0 amide bonds. The second-order valence-electron chi connectivity index (χ2n) is 7.76. The molecule has 0 saturated carbocycles. The number of nitrogens with one attached hydrogen (secondary N) is 3. The summed E-state index contributed by atoms with van der Waals surface area (Å²) in [5.41, 5.74) is 2.24. The predicted molar refractivity (Wildman–Crippen MR) is 133 cm³/mol. The van der Waals surface area contributed by atoms with E-state index >= 15 is 0 Å². The van der Waals surface area contributed by atoms with Crippen LogP contribution in [-0.4, -0.2) is 43.3 Å². The predicted octanol–water partition coefficient (Wildman–Crippen LogP) is 4.16. The number of rotatable bonds is 7. The van der Waals surface area contributed by atoms with E-state index in [0.29, 0.717) is 33.7 Å². The van der Waals surface area contributed by atoms with Crippen molar-refractivity contribution in [2.24, 2.45) is 0 Å². The zero-order chi connectivity index (χ0) is 24.5. The van der Waals surface area contributed by atoms with E-state index in [0.717, 1.165) is 4.47 Å². The van der Waals surface area contributed by atoms with Crippen molar-refractivity contribution in [1.82, 2.24) is 24.5 Å². The van der Waals surface area contributed by atoms with Gasteiger partial charge in [0.15, 0.2) is 0 Å². The number of aromatic nitrogens is 5. The minimum atomic E-state index is -0.855. The van der Waals surface area contributed by atoms with Crippen LogP contribution in [0, 0.1) is 5.82 Å². The maximum absolute atomic E-state index is 14.7. The first-order valence-corrected chi connectivity index (χ1v) is 11.4. The third-order valence-corrected chi connectivity index (χ3v) is 6.20. The summed E-state index contributed by atoms with van der Waals surface area (Å²) in [6.07, 6.45) is 5.34. The van der Waals surface area contributed by atoms with E-state index in [-0.39, 0.29) is 23.5 Å². The molecule has 2 aromatic carbocycles. The van der Waals surface area contributed by atoms with E-state index < -0.39 is 11.9 Å². The van der Waals surface area contributed by atoms with Gasteiger partial charge in [0, 0.05) is 31.2 Å². The number of ether oxygens (including phenoxy) is 1. The van der Waals surface area contributed by atoms with E-state index in [2.05, 4.69) is 41.2 Å². The van der Waals surface area contributed by atoms with E-state index in [9.17, 15) is 14.3 Å². The van der Waals surface area contributed by atoms with Gasteiger partial charge in [0.25, 0.3) is 5.56 Å². The number of aromatic amines is 2. The van der Waals surface area contributed by atoms with Crippen LogP contribution in [-0.2, 0) is 0 Å². The van der Waals surface area contributed by atoms with Gasteiger partial charge in [0.2, 0.25) is 0 Å². The summed E-state index contributed by atoms with van der Waals surface area (Å²) in [6.45, 7) is 0.134. The number of imidazole rings is 2. The molecular formula is C24H20BrFN6O3. The van der Waals surface area contributed by atoms with Crippen LogP contribution in [0.25, 0.3) is 28.1 Å². The topological polar surface area (TPSA) is 121 Å². The second-order valence-corrected chi connectivity index (χ2v) is 8.62. The number of nitrogens with zero attached hydrogens (tertiary/aromatic N) is 3. The van der Waals surface area contributed by atoms with E-state index in [1.54, 1.807) is 54.4 Å². The quantitative estimate of drug-likeness (QED) is 0.247. The molecule has 4 N–H and O–H groups in total. The number of hydrogen-bond acceptors (Lipinski definition) is 6. The van der Waals surface area contributed by atoms with Crippen molar-refractivity contribution in [2.45, 2.75) is 6.10 Å². The summed E-state index contributed by atoms with van der Waals surface area (Å²) in [5, 5.41) is 13.8. The van der Waals surface area contributed by atoms with Gasteiger partial charge in [-0.1, -0.05) is 6.07 Å². The van der Waals surface area contributed by atoms with E-state index in [1.807, 2.05) is 0 Å². The highest BCUT2D eigenvalue weighted by atomic mass is 79.9. The lowest BCUT2D eigenvalue weighted by Crippen LogP contribution is -2.17.